The van der Waals surface area contributed by atoms with Gasteiger partial charge in [0.25, 0.3) is 0 Å². The standard InChI is InChI=1S/C29H30N2S/c1-4-5-6-10-13-25-26-19-21(2)16-17-31(26)29(28(25)23-11-8-7-9-12-23)27-15-14-24(32-27)18-22(3)20-30/h7-9,11-12,14-19H,4-6,10,13H2,1-3H3/b22-18-. The van der Waals surface area contributed by atoms with Crippen LogP contribution in [-0.4, -0.2) is 4.40 Å². The number of fused-ring (bicyclic) bond motifs is 1. The van der Waals surface area contributed by atoms with Crippen molar-refractivity contribution in [1.29, 1.82) is 5.26 Å². The third-order valence-electron chi connectivity index (χ3n) is 5.94. The maximum atomic E-state index is 9.19. The van der Waals surface area contributed by atoms with Crippen LogP contribution in [0.25, 0.3) is 33.3 Å². The van der Waals surface area contributed by atoms with Crippen LogP contribution in [0.4, 0.5) is 0 Å². The minimum absolute atomic E-state index is 0.730. The molecule has 3 heterocycles. The van der Waals surface area contributed by atoms with Gasteiger partial charge in [-0.3, -0.25) is 0 Å². The van der Waals surface area contributed by atoms with Gasteiger partial charge < -0.3 is 4.40 Å². The maximum Gasteiger partial charge on any atom is 0.0944 e. The molecule has 0 saturated carbocycles. The summed E-state index contributed by atoms with van der Waals surface area (Å²) in [7, 11) is 0. The number of unbranched alkanes of at least 4 members (excludes halogenated alkanes) is 3. The molecule has 32 heavy (non-hydrogen) atoms. The molecule has 0 N–H and O–H groups in total. The van der Waals surface area contributed by atoms with Gasteiger partial charge in [-0.2, -0.15) is 5.26 Å². The molecule has 4 rings (SSSR count). The van der Waals surface area contributed by atoms with E-state index in [-0.39, 0.29) is 0 Å². The van der Waals surface area contributed by atoms with Crippen LogP contribution in [0.15, 0.2) is 66.4 Å². The minimum atomic E-state index is 0.730. The van der Waals surface area contributed by atoms with Crippen molar-refractivity contribution in [2.24, 2.45) is 0 Å². The predicted molar refractivity (Wildman–Crippen MR) is 138 cm³/mol. The molecule has 0 bridgehead atoms. The molecule has 162 valence electrons. The Morgan fingerprint density at radius 1 is 1.06 bits per heavy atom. The molecular formula is C29H30N2S. The molecule has 0 aliphatic heterocycles. The van der Waals surface area contributed by atoms with Crippen molar-refractivity contribution in [1.82, 2.24) is 4.40 Å². The Kier molecular flexibility index (Phi) is 6.93. The van der Waals surface area contributed by atoms with E-state index in [0.717, 1.165) is 16.9 Å². The first-order valence-corrected chi connectivity index (χ1v) is 12.3. The number of pyridine rings is 1. The highest BCUT2D eigenvalue weighted by atomic mass is 32.1. The summed E-state index contributed by atoms with van der Waals surface area (Å²) in [5.74, 6) is 0. The average Bonchev–Trinajstić information content (AvgIpc) is 3.39. The molecule has 3 heteroatoms. The summed E-state index contributed by atoms with van der Waals surface area (Å²) in [6.07, 6.45) is 10.3. The molecule has 0 fully saturated rings. The van der Waals surface area contributed by atoms with Crippen molar-refractivity contribution in [2.75, 3.05) is 0 Å². The first-order valence-electron chi connectivity index (χ1n) is 11.5. The number of aryl methyl sites for hydroxylation is 2. The number of allylic oxidation sites excluding steroid dienone is 1. The number of nitrogens with zero attached hydrogens (tertiary/aromatic N) is 2. The summed E-state index contributed by atoms with van der Waals surface area (Å²) < 4.78 is 2.38. The van der Waals surface area contributed by atoms with Gasteiger partial charge >= 0.3 is 0 Å². The van der Waals surface area contributed by atoms with Crippen molar-refractivity contribution in [3.8, 4) is 27.8 Å². The molecule has 0 radical (unpaired) electrons. The summed E-state index contributed by atoms with van der Waals surface area (Å²) in [6.45, 7) is 6.30. The van der Waals surface area contributed by atoms with Crippen molar-refractivity contribution in [3.63, 3.8) is 0 Å². The highest BCUT2D eigenvalue weighted by Crippen LogP contribution is 2.43. The first kappa shape index (κ1) is 22.1. The lowest BCUT2D eigenvalue weighted by Crippen LogP contribution is -1.89. The number of hydrogen-bond donors (Lipinski definition) is 0. The Balaban J connectivity index is 1.94. The summed E-state index contributed by atoms with van der Waals surface area (Å²) in [6, 6.07) is 21.9. The summed E-state index contributed by atoms with van der Waals surface area (Å²) in [5.41, 5.74) is 8.66. The zero-order chi connectivity index (χ0) is 22.5. The third kappa shape index (κ3) is 4.56. The fraction of sp³-hybridized carbons (Fsp3) is 0.276. The molecule has 4 aromatic rings. The number of benzene rings is 1. The fourth-order valence-corrected chi connectivity index (χ4v) is 5.43. The van der Waals surface area contributed by atoms with Gasteiger partial charge in [0.15, 0.2) is 0 Å². The van der Waals surface area contributed by atoms with Crippen molar-refractivity contribution in [2.45, 2.75) is 52.9 Å². The largest absolute Gasteiger partial charge is 0.315 e. The fourth-order valence-electron chi connectivity index (χ4n) is 4.37. The zero-order valence-electron chi connectivity index (χ0n) is 19.2. The second-order valence-corrected chi connectivity index (χ2v) is 9.59. The van der Waals surface area contributed by atoms with Gasteiger partial charge in [-0.1, -0.05) is 56.5 Å². The maximum absolute atomic E-state index is 9.19. The van der Waals surface area contributed by atoms with Crippen LogP contribution in [0, 0.1) is 18.3 Å². The molecule has 0 aliphatic carbocycles. The smallest absolute Gasteiger partial charge is 0.0944 e. The Bertz CT molecular complexity index is 1280. The first-order chi connectivity index (χ1) is 15.6. The number of rotatable bonds is 8. The van der Waals surface area contributed by atoms with Gasteiger partial charge in [0.1, 0.15) is 0 Å². The predicted octanol–water partition coefficient (Wildman–Crippen LogP) is 8.69. The van der Waals surface area contributed by atoms with Gasteiger partial charge in [0.05, 0.1) is 16.6 Å². The molecule has 3 aromatic heterocycles. The van der Waals surface area contributed by atoms with Crippen LogP contribution in [0.5, 0.6) is 0 Å². The van der Waals surface area contributed by atoms with Gasteiger partial charge in [-0.25, -0.2) is 0 Å². The second kappa shape index (κ2) is 10.0. The van der Waals surface area contributed by atoms with Crippen LogP contribution < -0.4 is 0 Å². The molecule has 0 amide bonds. The Morgan fingerprint density at radius 3 is 2.62 bits per heavy atom. The normalized spacial score (nSPS) is 11.8. The van der Waals surface area contributed by atoms with Crippen molar-refractivity contribution >= 4 is 22.9 Å². The molecule has 0 spiro atoms. The van der Waals surface area contributed by atoms with Gasteiger partial charge in [0.2, 0.25) is 0 Å². The Labute approximate surface area is 195 Å². The third-order valence-corrected chi connectivity index (χ3v) is 6.98. The Hall–Kier alpha value is -3.09. The summed E-state index contributed by atoms with van der Waals surface area (Å²) in [5, 5.41) is 9.19. The lowest BCUT2D eigenvalue weighted by molar-refractivity contribution is 0.668. The van der Waals surface area contributed by atoms with Crippen LogP contribution in [0.3, 0.4) is 0 Å². The second-order valence-electron chi connectivity index (χ2n) is 8.48. The van der Waals surface area contributed by atoms with E-state index in [4.69, 9.17) is 0 Å². The van der Waals surface area contributed by atoms with Crippen LogP contribution in [-0.2, 0) is 6.42 Å². The van der Waals surface area contributed by atoms with E-state index in [0.29, 0.717) is 0 Å². The van der Waals surface area contributed by atoms with Gasteiger partial charge in [-0.05, 0) is 73.7 Å². The van der Waals surface area contributed by atoms with Crippen molar-refractivity contribution in [3.05, 3.63) is 82.4 Å². The molecule has 0 aliphatic rings. The molecule has 2 nitrogen and oxygen atoms in total. The van der Waals surface area contributed by atoms with E-state index in [1.807, 2.05) is 13.0 Å². The lowest BCUT2D eigenvalue weighted by Gasteiger charge is -2.08. The van der Waals surface area contributed by atoms with E-state index < -0.39 is 0 Å². The van der Waals surface area contributed by atoms with Gasteiger partial charge in [0, 0.05) is 27.7 Å². The molecule has 0 unspecified atom stereocenters. The topological polar surface area (TPSA) is 28.2 Å². The molecule has 0 saturated heterocycles. The average molecular weight is 439 g/mol. The van der Waals surface area contributed by atoms with E-state index >= 15 is 0 Å². The SMILES string of the molecule is CCCCCCc1c(-c2ccccc2)c(-c2ccc(/C=C(/C)C#N)s2)n2ccc(C)cc12. The van der Waals surface area contributed by atoms with Crippen LogP contribution >= 0.6 is 11.3 Å². The van der Waals surface area contributed by atoms with E-state index in [2.05, 4.69) is 85.1 Å². The minimum Gasteiger partial charge on any atom is -0.315 e. The van der Waals surface area contributed by atoms with E-state index in [1.165, 1.54) is 64.0 Å². The zero-order valence-corrected chi connectivity index (χ0v) is 20.0. The monoisotopic (exact) mass is 438 g/mol. The summed E-state index contributed by atoms with van der Waals surface area (Å²) >= 11 is 1.75. The molecule has 1 aromatic carbocycles. The van der Waals surface area contributed by atoms with Crippen LogP contribution in [0.1, 0.15) is 55.5 Å². The molecule has 0 atom stereocenters. The van der Waals surface area contributed by atoms with Crippen molar-refractivity contribution < 1.29 is 0 Å². The quantitative estimate of drug-likeness (QED) is 0.200. The Morgan fingerprint density at radius 2 is 1.88 bits per heavy atom. The summed E-state index contributed by atoms with van der Waals surface area (Å²) in [4.78, 5) is 2.35. The highest BCUT2D eigenvalue weighted by molar-refractivity contribution is 7.16. The van der Waals surface area contributed by atoms with E-state index in [1.54, 1.807) is 11.3 Å². The highest BCUT2D eigenvalue weighted by Gasteiger charge is 2.21. The lowest BCUT2D eigenvalue weighted by atomic mass is 9.96. The number of nitriles is 1. The van der Waals surface area contributed by atoms with E-state index in [9.17, 15) is 5.26 Å². The molecular weight excluding hydrogens is 408 g/mol. The number of aromatic nitrogens is 1. The van der Waals surface area contributed by atoms with Crippen LogP contribution in [0.2, 0.25) is 0 Å². The number of thiophene rings is 1. The number of hydrogen-bond acceptors (Lipinski definition) is 2. The van der Waals surface area contributed by atoms with Gasteiger partial charge in [-0.15, -0.1) is 11.3 Å².